The lowest BCUT2D eigenvalue weighted by atomic mass is 9.94. The Morgan fingerprint density at radius 3 is 2.23 bits per heavy atom. The van der Waals surface area contributed by atoms with Gasteiger partial charge in [0.1, 0.15) is 11.9 Å². The molecule has 184 valence electrons. The van der Waals surface area contributed by atoms with E-state index < -0.39 is 17.9 Å². The van der Waals surface area contributed by atoms with Crippen molar-refractivity contribution in [1.29, 1.82) is 0 Å². The van der Waals surface area contributed by atoms with Crippen molar-refractivity contribution in [1.82, 2.24) is 5.32 Å². The van der Waals surface area contributed by atoms with Gasteiger partial charge in [0.05, 0.1) is 6.04 Å². The van der Waals surface area contributed by atoms with Gasteiger partial charge in [-0.2, -0.15) is 0 Å². The van der Waals surface area contributed by atoms with Crippen LogP contribution < -0.4 is 10.6 Å². The van der Waals surface area contributed by atoms with E-state index in [1.807, 2.05) is 19.1 Å². The van der Waals surface area contributed by atoms with Crippen LogP contribution in [0.4, 0.5) is 10.1 Å². The van der Waals surface area contributed by atoms with Gasteiger partial charge in [-0.25, -0.2) is 4.39 Å². The van der Waals surface area contributed by atoms with E-state index in [-0.39, 0.29) is 11.9 Å². The van der Waals surface area contributed by atoms with Gasteiger partial charge in [0.25, 0.3) is 5.91 Å². The molecule has 0 aliphatic rings. The molecule has 0 radical (unpaired) electrons. The minimum Gasteiger partial charge on any atom is -0.480 e. The molecule has 3 rings (SSSR count). The van der Waals surface area contributed by atoms with Crippen molar-refractivity contribution in [2.45, 2.75) is 53.1 Å². The van der Waals surface area contributed by atoms with Crippen LogP contribution in [0.3, 0.4) is 0 Å². The van der Waals surface area contributed by atoms with E-state index in [0.29, 0.717) is 32.8 Å². The van der Waals surface area contributed by atoms with Crippen molar-refractivity contribution < 1.29 is 19.1 Å². The summed E-state index contributed by atoms with van der Waals surface area (Å²) in [4.78, 5) is 23.7. The van der Waals surface area contributed by atoms with Crippen molar-refractivity contribution in [2.75, 3.05) is 5.32 Å². The number of carboxylic acids is 1. The molecule has 7 heteroatoms. The highest BCUT2D eigenvalue weighted by Crippen LogP contribution is 2.32. The lowest BCUT2D eigenvalue weighted by molar-refractivity contribution is -0.138. The van der Waals surface area contributed by atoms with E-state index in [9.17, 15) is 14.0 Å². The minimum absolute atomic E-state index is 0.0232. The van der Waals surface area contributed by atoms with E-state index >= 15 is 0 Å². The molecule has 0 bridgehead atoms. The first kappa shape index (κ1) is 26.2. The van der Waals surface area contributed by atoms with Gasteiger partial charge < -0.3 is 15.7 Å². The molecule has 1 unspecified atom stereocenters. The Kier molecular flexibility index (Phi) is 8.18. The molecule has 0 aliphatic heterocycles. The van der Waals surface area contributed by atoms with E-state index in [1.54, 1.807) is 38.1 Å². The highest BCUT2D eigenvalue weighted by Gasteiger charge is 2.20. The predicted octanol–water partition coefficient (Wildman–Crippen LogP) is 6.84. The van der Waals surface area contributed by atoms with Crippen molar-refractivity contribution in [3.63, 3.8) is 0 Å². The van der Waals surface area contributed by atoms with Crippen LogP contribution in [0, 0.1) is 26.6 Å². The number of carbonyl (C=O) groups is 2. The molecule has 0 aliphatic carbocycles. The van der Waals surface area contributed by atoms with Crippen molar-refractivity contribution >= 4 is 29.2 Å². The molecule has 1 amide bonds. The monoisotopic (exact) mass is 496 g/mol. The number of amides is 1. The lowest BCUT2D eigenvalue weighted by Crippen LogP contribution is -2.38. The zero-order valence-electron chi connectivity index (χ0n) is 20.5. The maximum Gasteiger partial charge on any atom is 0.325 e. The number of carboxylic acid groups (broad SMARTS) is 1. The maximum atomic E-state index is 14.9. The topological polar surface area (TPSA) is 78.4 Å². The number of hydrogen-bond acceptors (Lipinski definition) is 3. The van der Waals surface area contributed by atoms with Gasteiger partial charge in [-0.1, -0.05) is 42.8 Å². The van der Waals surface area contributed by atoms with Gasteiger partial charge in [-0.15, -0.1) is 0 Å². The number of nitrogens with one attached hydrogen (secondary N) is 2. The first-order valence-corrected chi connectivity index (χ1v) is 11.9. The summed E-state index contributed by atoms with van der Waals surface area (Å²) in [6.45, 7) is 8.96. The molecule has 0 spiro atoms. The summed E-state index contributed by atoms with van der Waals surface area (Å²) in [6, 6.07) is 13.3. The first-order chi connectivity index (χ1) is 16.5. The van der Waals surface area contributed by atoms with Gasteiger partial charge in [0, 0.05) is 21.8 Å². The zero-order valence-corrected chi connectivity index (χ0v) is 21.3. The number of carbonyl (C=O) groups excluding carboxylic acids is 1. The second-order valence-electron chi connectivity index (χ2n) is 8.83. The third kappa shape index (κ3) is 6.01. The van der Waals surface area contributed by atoms with E-state index in [4.69, 9.17) is 16.7 Å². The number of halogens is 2. The summed E-state index contributed by atoms with van der Waals surface area (Å²) in [5.41, 5.74) is 5.57. The van der Waals surface area contributed by atoms with Crippen molar-refractivity contribution in [3.05, 3.63) is 87.2 Å². The molecule has 3 N–H and O–H groups in total. The summed E-state index contributed by atoms with van der Waals surface area (Å²) in [5, 5.41) is 15.8. The van der Waals surface area contributed by atoms with Crippen molar-refractivity contribution in [2.24, 2.45) is 0 Å². The molecular formula is C28H30ClFN2O3. The quantitative estimate of drug-likeness (QED) is 0.319. The molecule has 0 saturated carbocycles. The molecule has 0 fully saturated rings. The average molecular weight is 497 g/mol. The Hall–Kier alpha value is -3.38. The van der Waals surface area contributed by atoms with Crippen LogP contribution in [0.1, 0.15) is 58.9 Å². The van der Waals surface area contributed by atoms with Crippen molar-refractivity contribution in [3.8, 4) is 11.1 Å². The fraction of sp³-hybridized carbons (Fsp3) is 0.286. The zero-order chi connectivity index (χ0) is 25.9. The standard InChI is InChI=1S/C28H30ClFN2O3/c1-6-25(19-7-9-23(29)15(2)11-19)32-21-8-10-24(30)22(14-21)20-12-16(3)26(17(4)13-20)27(33)31-18(5)28(34)35/h7-14,18,25,32H,6H2,1-5H3,(H,31,33)(H,34,35)/t18-,25?/m0/s1. The highest BCUT2D eigenvalue weighted by atomic mass is 35.5. The van der Waals surface area contributed by atoms with Gasteiger partial charge in [0.15, 0.2) is 0 Å². The van der Waals surface area contributed by atoms with Gasteiger partial charge >= 0.3 is 5.97 Å². The van der Waals surface area contributed by atoms with Gasteiger partial charge in [-0.05, 0) is 86.2 Å². The van der Waals surface area contributed by atoms with Crippen LogP contribution in [0.5, 0.6) is 0 Å². The molecule has 5 nitrogen and oxygen atoms in total. The molecule has 2 atom stereocenters. The number of anilines is 1. The smallest absolute Gasteiger partial charge is 0.325 e. The Morgan fingerprint density at radius 1 is 1.00 bits per heavy atom. The van der Waals surface area contributed by atoms with Crippen LogP contribution >= 0.6 is 11.6 Å². The number of aliphatic carboxylic acids is 1. The molecule has 0 heterocycles. The third-order valence-electron chi connectivity index (χ3n) is 6.09. The molecule has 3 aromatic rings. The number of rotatable bonds is 8. The SMILES string of the molecule is CCC(Nc1ccc(F)c(-c2cc(C)c(C(=O)N[C@@H](C)C(=O)O)c(C)c2)c1)c1ccc(Cl)c(C)c1. The lowest BCUT2D eigenvalue weighted by Gasteiger charge is -2.21. The Labute approximate surface area is 210 Å². The van der Waals surface area contributed by atoms with E-state index in [1.165, 1.54) is 13.0 Å². The van der Waals surface area contributed by atoms with E-state index in [2.05, 4.69) is 23.6 Å². The van der Waals surface area contributed by atoms with Crippen LogP contribution in [-0.2, 0) is 4.79 Å². The number of aryl methyl sites for hydroxylation is 3. The number of hydrogen-bond donors (Lipinski definition) is 3. The second kappa shape index (κ2) is 10.9. The molecular weight excluding hydrogens is 467 g/mol. The highest BCUT2D eigenvalue weighted by molar-refractivity contribution is 6.31. The summed E-state index contributed by atoms with van der Waals surface area (Å²) < 4.78 is 14.9. The van der Waals surface area contributed by atoms with Crippen LogP contribution in [0.2, 0.25) is 5.02 Å². The number of benzene rings is 3. The van der Waals surface area contributed by atoms with Gasteiger partial charge in [-0.3, -0.25) is 9.59 Å². The minimum atomic E-state index is -1.11. The maximum absolute atomic E-state index is 14.9. The average Bonchev–Trinajstić information content (AvgIpc) is 2.79. The van der Waals surface area contributed by atoms with Crippen LogP contribution in [0.25, 0.3) is 11.1 Å². The summed E-state index contributed by atoms with van der Waals surface area (Å²) in [6.07, 6.45) is 0.824. The fourth-order valence-corrected chi connectivity index (χ4v) is 4.27. The molecule has 0 aromatic heterocycles. The van der Waals surface area contributed by atoms with Gasteiger partial charge in [0.2, 0.25) is 0 Å². The molecule has 35 heavy (non-hydrogen) atoms. The first-order valence-electron chi connectivity index (χ1n) is 11.5. The largest absolute Gasteiger partial charge is 0.480 e. The van der Waals surface area contributed by atoms with Crippen LogP contribution in [0.15, 0.2) is 48.5 Å². The fourth-order valence-electron chi connectivity index (χ4n) is 4.15. The Morgan fingerprint density at radius 2 is 1.66 bits per heavy atom. The molecule has 3 aromatic carbocycles. The normalized spacial score (nSPS) is 12.7. The summed E-state index contributed by atoms with van der Waals surface area (Å²) in [5.74, 6) is -1.96. The summed E-state index contributed by atoms with van der Waals surface area (Å²) in [7, 11) is 0. The predicted molar refractivity (Wildman–Crippen MR) is 139 cm³/mol. The summed E-state index contributed by atoms with van der Waals surface area (Å²) >= 11 is 6.18. The Balaban J connectivity index is 1.92. The molecule has 0 saturated heterocycles. The third-order valence-corrected chi connectivity index (χ3v) is 6.51. The van der Waals surface area contributed by atoms with E-state index in [0.717, 1.165) is 23.2 Å². The second-order valence-corrected chi connectivity index (χ2v) is 9.23. The van der Waals surface area contributed by atoms with Crippen LogP contribution in [-0.4, -0.2) is 23.0 Å². The Bertz CT molecular complexity index is 1250.